The molecule has 0 bridgehead atoms. The van der Waals surface area contributed by atoms with Gasteiger partial charge >= 0.3 is 0 Å². The summed E-state index contributed by atoms with van der Waals surface area (Å²) in [7, 11) is 0. The number of hydrogen-bond donors (Lipinski definition) is 7. The summed E-state index contributed by atoms with van der Waals surface area (Å²) in [5, 5.41) is 45.5. The van der Waals surface area contributed by atoms with Crippen LogP contribution >= 0.6 is 0 Å². The van der Waals surface area contributed by atoms with Gasteiger partial charge in [-0.3, -0.25) is 14.4 Å². The van der Waals surface area contributed by atoms with E-state index < -0.39 is 58.0 Å². The lowest BCUT2D eigenvalue weighted by atomic mass is 9.57. The van der Waals surface area contributed by atoms with E-state index >= 15 is 0 Å². The summed E-state index contributed by atoms with van der Waals surface area (Å²) in [5.74, 6) is -6.78. The molecule has 12 heteroatoms. The fourth-order valence-corrected chi connectivity index (χ4v) is 5.55. The highest BCUT2D eigenvalue weighted by Crippen LogP contribution is 2.52. The number of nitrogen functional groups attached to an aromatic ring is 1. The molecule has 1 saturated carbocycles. The lowest BCUT2D eigenvalue weighted by Gasteiger charge is -2.49. The number of aromatic nitrogens is 1. The molecule has 1 fully saturated rings. The summed E-state index contributed by atoms with van der Waals surface area (Å²) < 4.78 is 5.40. The number of aliphatic hydroxyl groups is 4. The predicted molar refractivity (Wildman–Crippen MR) is 116 cm³/mol. The van der Waals surface area contributed by atoms with Crippen LogP contribution in [0.3, 0.4) is 0 Å². The van der Waals surface area contributed by atoms with Crippen molar-refractivity contribution < 1.29 is 39.2 Å². The average Bonchev–Trinajstić information content (AvgIpc) is 3.24. The number of amides is 1. The summed E-state index contributed by atoms with van der Waals surface area (Å²) in [4.78, 5) is 42.7. The Morgan fingerprint density at radius 3 is 2.74 bits per heavy atom. The number of nitrogens with two attached hydrogens (primary N) is 2. The summed E-state index contributed by atoms with van der Waals surface area (Å²) in [6.07, 6.45) is 1.32. The van der Waals surface area contributed by atoms with Gasteiger partial charge in [-0.2, -0.15) is 0 Å². The topological polar surface area (TPSA) is 222 Å². The molecule has 2 aromatic rings. The van der Waals surface area contributed by atoms with E-state index in [0.717, 1.165) is 0 Å². The number of primary amides is 1. The second kappa shape index (κ2) is 7.38. The van der Waals surface area contributed by atoms with Crippen LogP contribution in [-0.4, -0.2) is 67.7 Å². The van der Waals surface area contributed by atoms with E-state index in [1.165, 1.54) is 6.39 Å². The highest BCUT2D eigenvalue weighted by atomic mass is 16.4. The number of nitrogens with zero attached hydrogens (tertiary/aromatic N) is 1. The molecule has 12 nitrogen and oxygen atoms in total. The van der Waals surface area contributed by atoms with Gasteiger partial charge in [-0.15, -0.1) is 0 Å². The van der Waals surface area contributed by atoms with Crippen molar-refractivity contribution in [1.82, 2.24) is 10.3 Å². The molecule has 4 atom stereocenters. The molecular formula is C22H22N4O8. The van der Waals surface area contributed by atoms with Crippen LogP contribution in [0.5, 0.6) is 0 Å². The van der Waals surface area contributed by atoms with Crippen LogP contribution in [0.15, 0.2) is 33.8 Å². The summed E-state index contributed by atoms with van der Waals surface area (Å²) in [6.45, 7) is -0.446. The molecule has 3 aliphatic rings. The molecule has 178 valence electrons. The van der Waals surface area contributed by atoms with Crippen LogP contribution in [0.25, 0.3) is 16.9 Å². The molecule has 1 aromatic heterocycles. The monoisotopic (exact) mass is 470 g/mol. The van der Waals surface area contributed by atoms with E-state index in [1.807, 2.05) is 0 Å². The van der Waals surface area contributed by atoms with Gasteiger partial charge in [-0.1, -0.05) is 0 Å². The molecule has 1 heterocycles. The average molecular weight is 470 g/mol. The molecule has 0 unspecified atom stereocenters. The van der Waals surface area contributed by atoms with Gasteiger partial charge in [0.25, 0.3) is 5.91 Å². The molecule has 0 saturated heterocycles. The predicted octanol–water partition coefficient (Wildman–Crippen LogP) is -0.998. The number of anilines is 1. The minimum atomic E-state index is -2.70. The molecule has 0 spiro atoms. The van der Waals surface area contributed by atoms with E-state index in [9.17, 15) is 34.8 Å². The first-order chi connectivity index (χ1) is 16.1. The van der Waals surface area contributed by atoms with Crippen LogP contribution in [0.2, 0.25) is 0 Å². The second-order valence-electron chi connectivity index (χ2n) is 8.73. The summed E-state index contributed by atoms with van der Waals surface area (Å²) >= 11 is 0. The Morgan fingerprint density at radius 2 is 2.06 bits per heavy atom. The fraction of sp³-hybridized carbons (Fsp3) is 0.364. The quantitative estimate of drug-likeness (QED) is 0.212. The van der Waals surface area contributed by atoms with Gasteiger partial charge in [-0.25, -0.2) is 4.98 Å². The van der Waals surface area contributed by atoms with Crippen LogP contribution in [0.4, 0.5) is 5.69 Å². The summed E-state index contributed by atoms with van der Waals surface area (Å²) in [6, 6.07) is 0.291. The van der Waals surface area contributed by atoms with Crippen molar-refractivity contribution in [3.63, 3.8) is 0 Å². The highest BCUT2D eigenvalue weighted by Gasteiger charge is 2.63. The Morgan fingerprint density at radius 1 is 1.32 bits per heavy atom. The largest absolute Gasteiger partial charge is 0.508 e. The lowest BCUT2D eigenvalue weighted by Crippen LogP contribution is -2.66. The van der Waals surface area contributed by atoms with Crippen molar-refractivity contribution in [2.24, 2.45) is 17.6 Å². The number of nitrogens with one attached hydrogen (secondary N) is 1. The fourth-order valence-electron chi connectivity index (χ4n) is 5.55. The van der Waals surface area contributed by atoms with Crippen molar-refractivity contribution in [1.29, 1.82) is 0 Å². The third-order valence-corrected chi connectivity index (χ3v) is 7.03. The molecule has 1 aromatic carbocycles. The highest BCUT2D eigenvalue weighted by molar-refractivity contribution is 6.24. The number of ketones is 2. The minimum Gasteiger partial charge on any atom is -0.508 e. The van der Waals surface area contributed by atoms with Crippen molar-refractivity contribution in [2.45, 2.75) is 24.5 Å². The molecule has 3 aliphatic carbocycles. The SMILES string of the molecule is NC(=O)C1=C(O)[C@@]2(O)C(=O)C3=C(O)c4c(c(N)cc5ncoc45)C[C@H]3C[C@H]2[C@@H](NCCO)C1=O. The van der Waals surface area contributed by atoms with Gasteiger partial charge in [0.1, 0.15) is 22.6 Å². The Balaban J connectivity index is 1.74. The Kier molecular flexibility index (Phi) is 4.79. The van der Waals surface area contributed by atoms with Crippen molar-refractivity contribution in [2.75, 3.05) is 18.9 Å². The number of carbonyl (C=O) groups excluding carboxylic acids is 3. The van der Waals surface area contributed by atoms with Crippen LogP contribution in [0.1, 0.15) is 17.5 Å². The van der Waals surface area contributed by atoms with Crippen LogP contribution in [-0.2, 0) is 20.8 Å². The Bertz CT molecular complexity index is 1340. The number of fused-ring (bicyclic) bond motifs is 5. The number of rotatable bonds is 4. The molecule has 9 N–H and O–H groups in total. The smallest absolute Gasteiger partial charge is 0.255 e. The van der Waals surface area contributed by atoms with Crippen molar-refractivity contribution in [3.05, 3.63) is 40.5 Å². The maximum Gasteiger partial charge on any atom is 0.255 e. The van der Waals surface area contributed by atoms with Crippen LogP contribution < -0.4 is 16.8 Å². The van der Waals surface area contributed by atoms with Gasteiger partial charge in [0.15, 0.2) is 23.4 Å². The van der Waals surface area contributed by atoms with Gasteiger partial charge in [-0.05, 0) is 30.4 Å². The third kappa shape index (κ3) is 2.70. The first-order valence-corrected chi connectivity index (χ1v) is 10.6. The number of carbonyl (C=O) groups is 3. The first-order valence-electron chi connectivity index (χ1n) is 10.6. The lowest BCUT2D eigenvalue weighted by molar-refractivity contribution is -0.150. The molecule has 5 rings (SSSR count). The van der Waals surface area contributed by atoms with Gasteiger partial charge < -0.3 is 41.6 Å². The van der Waals surface area contributed by atoms with Crippen LogP contribution in [0, 0.1) is 11.8 Å². The zero-order chi connectivity index (χ0) is 24.5. The van der Waals surface area contributed by atoms with E-state index in [2.05, 4.69) is 10.3 Å². The molecular weight excluding hydrogens is 448 g/mol. The van der Waals surface area contributed by atoms with Gasteiger partial charge in [0, 0.05) is 23.7 Å². The number of oxazole rings is 1. The van der Waals surface area contributed by atoms with Crippen molar-refractivity contribution in [3.8, 4) is 0 Å². The molecule has 34 heavy (non-hydrogen) atoms. The second-order valence-corrected chi connectivity index (χ2v) is 8.73. The zero-order valence-electron chi connectivity index (χ0n) is 17.7. The zero-order valence-corrected chi connectivity index (χ0v) is 17.7. The maximum atomic E-state index is 13.7. The normalized spacial score (nSPS) is 28.7. The minimum absolute atomic E-state index is 0.0279. The number of Topliss-reactive ketones (excluding diaryl/α,β-unsaturated/α-hetero) is 2. The van der Waals surface area contributed by atoms with Gasteiger partial charge in [0.2, 0.25) is 5.78 Å². The standard InChI is InChI=1S/C22H22N4O8/c23-10-5-11-18(34-6-26-11)13-8(10)3-7-4-9-15(25-1-2-27)17(29)14(21(24)32)20(31)22(9,33)19(30)12(7)16(13)28/h5-7,9,15,25,27-28,31,33H,1-4,23H2,(H2,24,32)/t7-,9-,15+,22-/m0/s1. The number of aliphatic hydroxyl groups excluding tert-OH is 3. The maximum absolute atomic E-state index is 13.7. The molecule has 1 amide bonds. The number of benzene rings is 1. The van der Waals surface area contributed by atoms with Gasteiger partial charge in [0.05, 0.1) is 18.2 Å². The first kappa shape index (κ1) is 22.1. The summed E-state index contributed by atoms with van der Waals surface area (Å²) in [5.41, 5.74) is 9.25. The Hall–Kier alpha value is -3.74. The Labute approximate surface area is 191 Å². The number of hydrogen-bond acceptors (Lipinski definition) is 11. The van der Waals surface area contributed by atoms with E-state index in [-0.39, 0.29) is 42.7 Å². The third-order valence-electron chi connectivity index (χ3n) is 7.03. The van der Waals surface area contributed by atoms with E-state index in [4.69, 9.17) is 15.9 Å². The van der Waals surface area contributed by atoms with E-state index in [0.29, 0.717) is 16.8 Å². The van der Waals surface area contributed by atoms with Crippen molar-refractivity contribution >= 4 is 40.0 Å². The van der Waals surface area contributed by atoms with E-state index in [1.54, 1.807) is 6.07 Å². The molecule has 0 aliphatic heterocycles. The molecule has 0 radical (unpaired) electrons.